The first-order valence-electron chi connectivity index (χ1n) is 23.2. The van der Waals surface area contributed by atoms with Gasteiger partial charge in [-0.3, -0.25) is 4.79 Å². The lowest BCUT2D eigenvalue weighted by Gasteiger charge is -2.71. The summed E-state index contributed by atoms with van der Waals surface area (Å²) in [5.41, 5.74) is 1.99. The first-order chi connectivity index (χ1) is 28.0. The first-order valence-corrected chi connectivity index (χ1v) is 24.6. The third-order valence-electron chi connectivity index (χ3n) is 18.8. The van der Waals surface area contributed by atoms with Gasteiger partial charge < -0.3 is 14.2 Å². The van der Waals surface area contributed by atoms with Crippen LogP contribution in [0.25, 0.3) is 0 Å². The Morgan fingerprint density at radius 3 is 2.23 bits per heavy atom. The Morgan fingerprint density at radius 1 is 0.933 bits per heavy atom. The van der Waals surface area contributed by atoms with Gasteiger partial charge in [0.2, 0.25) is 10.0 Å². The zero-order valence-corrected chi connectivity index (χ0v) is 40.1. The van der Waals surface area contributed by atoms with Crippen LogP contribution in [0, 0.1) is 75.4 Å². The number of hydrogen-bond acceptors (Lipinski definition) is 6. The summed E-state index contributed by atoms with van der Waals surface area (Å²) in [6.07, 6.45) is 8.63. The third kappa shape index (κ3) is 6.90. The number of rotatable bonds is 12. The van der Waals surface area contributed by atoms with Gasteiger partial charge in [-0.05, 0) is 122 Å². The van der Waals surface area contributed by atoms with Crippen molar-refractivity contribution in [1.29, 1.82) is 0 Å². The number of allylic oxidation sites excluding steroid dienone is 1. The van der Waals surface area contributed by atoms with Gasteiger partial charge >= 0.3 is 5.97 Å². The molecule has 7 nitrogen and oxygen atoms in total. The van der Waals surface area contributed by atoms with E-state index in [1.165, 1.54) is 0 Å². The number of ether oxygens (including phenoxy) is 3. The van der Waals surface area contributed by atoms with E-state index in [0.29, 0.717) is 48.4 Å². The summed E-state index contributed by atoms with van der Waals surface area (Å²) >= 11 is 0. The van der Waals surface area contributed by atoms with Crippen LogP contribution in [0.2, 0.25) is 0 Å². The number of esters is 1. The number of fused-ring (bicyclic) bond motifs is 3. The molecule has 60 heavy (non-hydrogen) atoms. The van der Waals surface area contributed by atoms with Gasteiger partial charge in [0.05, 0.1) is 42.3 Å². The Kier molecular flexibility index (Phi) is 12.1. The van der Waals surface area contributed by atoms with Crippen LogP contribution in [0.4, 0.5) is 0 Å². The highest BCUT2D eigenvalue weighted by Gasteiger charge is 2.71. The number of nitrogens with zero attached hydrogens (tertiary/aromatic N) is 1. The second-order valence-corrected chi connectivity index (χ2v) is 24.3. The largest absolute Gasteiger partial charge is 0.461 e. The molecule has 0 radical (unpaired) electrons. The molecular formula is C52H77NO6S. The average Bonchev–Trinajstić information content (AvgIpc) is 3.20. The Balaban J connectivity index is 1.19. The minimum Gasteiger partial charge on any atom is -0.461 e. The highest BCUT2D eigenvalue weighted by atomic mass is 32.2. The smallest absolute Gasteiger partial charge is 0.310 e. The van der Waals surface area contributed by atoms with Crippen molar-refractivity contribution in [3.63, 3.8) is 0 Å². The lowest BCUT2D eigenvalue weighted by Crippen LogP contribution is -2.69. The Morgan fingerprint density at radius 2 is 1.60 bits per heavy atom. The van der Waals surface area contributed by atoms with Gasteiger partial charge in [0, 0.05) is 17.9 Å². The van der Waals surface area contributed by atoms with E-state index in [1.807, 2.05) is 56.3 Å². The maximum Gasteiger partial charge on any atom is 0.310 e. The monoisotopic (exact) mass is 844 g/mol. The summed E-state index contributed by atoms with van der Waals surface area (Å²) in [5, 5.41) is 0. The van der Waals surface area contributed by atoms with Crippen molar-refractivity contribution in [1.82, 2.24) is 4.31 Å². The van der Waals surface area contributed by atoms with Crippen LogP contribution in [0.1, 0.15) is 126 Å². The predicted molar refractivity (Wildman–Crippen MR) is 240 cm³/mol. The van der Waals surface area contributed by atoms with Crippen LogP contribution in [-0.2, 0) is 35.6 Å². The van der Waals surface area contributed by atoms with Crippen LogP contribution >= 0.6 is 0 Å². The fraction of sp³-hybridized carbons (Fsp3) is 0.712. The number of aryl methyl sites for hydroxylation is 1. The van der Waals surface area contributed by atoms with Crippen LogP contribution < -0.4 is 0 Å². The molecule has 0 aromatic heterocycles. The number of likely N-dealkylation sites (N-methyl/N-ethyl adjacent to an activating group) is 1. The van der Waals surface area contributed by atoms with E-state index in [4.69, 9.17) is 14.2 Å². The molecular weight excluding hydrogens is 767 g/mol. The molecule has 5 aliphatic rings. The Labute approximate surface area is 363 Å². The van der Waals surface area contributed by atoms with Gasteiger partial charge in [-0.2, -0.15) is 4.31 Å². The fourth-order valence-electron chi connectivity index (χ4n) is 14.2. The van der Waals surface area contributed by atoms with Gasteiger partial charge in [-0.1, -0.05) is 129 Å². The molecule has 1 aliphatic heterocycles. The topological polar surface area (TPSA) is 82.1 Å². The van der Waals surface area contributed by atoms with Crippen molar-refractivity contribution < 1.29 is 27.4 Å². The molecule has 332 valence electrons. The first kappa shape index (κ1) is 45.5. The van der Waals surface area contributed by atoms with Gasteiger partial charge in [-0.15, -0.1) is 0 Å². The Hall–Kier alpha value is -2.52. The van der Waals surface area contributed by atoms with E-state index < -0.39 is 15.6 Å². The van der Waals surface area contributed by atoms with Crippen molar-refractivity contribution in [3.05, 3.63) is 77.4 Å². The molecule has 0 N–H and O–H groups in total. The van der Waals surface area contributed by atoms with Crippen molar-refractivity contribution in [2.45, 2.75) is 145 Å². The van der Waals surface area contributed by atoms with E-state index in [1.54, 1.807) is 29.1 Å². The van der Waals surface area contributed by atoms with E-state index in [0.717, 1.165) is 56.3 Å². The summed E-state index contributed by atoms with van der Waals surface area (Å²) < 4.78 is 50.1. The van der Waals surface area contributed by atoms with E-state index in [9.17, 15) is 13.2 Å². The number of hydrogen-bond donors (Lipinski definition) is 0. The molecule has 1 saturated heterocycles. The van der Waals surface area contributed by atoms with Crippen molar-refractivity contribution in [2.75, 3.05) is 26.9 Å². The average molecular weight is 844 g/mol. The molecule has 2 bridgehead atoms. The molecule has 0 spiro atoms. The lowest BCUT2D eigenvalue weighted by atomic mass is 9.34. The number of carbonyl (C=O) groups is 1. The van der Waals surface area contributed by atoms with Crippen molar-refractivity contribution in [2.24, 2.45) is 68.5 Å². The number of benzene rings is 2. The van der Waals surface area contributed by atoms with Crippen molar-refractivity contribution >= 4 is 16.0 Å². The van der Waals surface area contributed by atoms with E-state index in [2.05, 4.69) is 75.3 Å². The molecule has 4 aliphatic carbocycles. The molecule has 0 unspecified atom stereocenters. The SMILES string of the molecule is Cc1ccc(S(=O)(=O)N(C)[C@](C)(CO[C@H]2[C@H](C)C[C@@]34COC[C@]2(C)[C@@H]3CC[C@H]2C4=CC[C@@]3(C)[C@H](C(=O)OCc4ccccc4)[C@@](C)([C@H](C)C(C)C)CC[C@]23C)C(C)C)cc1. The van der Waals surface area contributed by atoms with Gasteiger partial charge in [0.1, 0.15) is 6.61 Å². The molecule has 2 aromatic rings. The Bertz CT molecular complexity index is 2030. The van der Waals surface area contributed by atoms with Gasteiger partial charge in [0.25, 0.3) is 0 Å². The summed E-state index contributed by atoms with van der Waals surface area (Å²) in [7, 11) is -2.04. The maximum atomic E-state index is 14.8. The van der Waals surface area contributed by atoms with Crippen LogP contribution in [0.5, 0.6) is 0 Å². The van der Waals surface area contributed by atoms with Crippen LogP contribution in [0.15, 0.2) is 71.1 Å². The molecule has 7 rings (SSSR count). The minimum atomic E-state index is -3.76. The van der Waals surface area contributed by atoms with E-state index in [-0.39, 0.29) is 56.9 Å². The van der Waals surface area contributed by atoms with E-state index >= 15 is 0 Å². The maximum absolute atomic E-state index is 14.8. The quantitative estimate of drug-likeness (QED) is 0.156. The van der Waals surface area contributed by atoms with Crippen LogP contribution in [0.3, 0.4) is 0 Å². The normalized spacial score (nSPS) is 38.0. The summed E-state index contributed by atoms with van der Waals surface area (Å²) in [5.74, 6) is 1.55. The fourth-order valence-corrected chi connectivity index (χ4v) is 15.8. The molecule has 2 aromatic carbocycles. The molecule has 0 amide bonds. The summed E-state index contributed by atoms with van der Waals surface area (Å²) in [6.45, 7) is 29.3. The predicted octanol–water partition coefficient (Wildman–Crippen LogP) is 11.3. The van der Waals surface area contributed by atoms with Gasteiger partial charge in [-0.25, -0.2) is 8.42 Å². The van der Waals surface area contributed by atoms with Gasteiger partial charge in [0.15, 0.2) is 0 Å². The second-order valence-electron chi connectivity index (χ2n) is 22.3. The number of carbonyl (C=O) groups excluding carboxylic acids is 1. The molecule has 3 saturated carbocycles. The zero-order valence-electron chi connectivity index (χ0n) is 39.3. The summed E-state index contributed by atoms with van der Waals surface area (Å²) in [6, 6.07) is 17.3. The number of sulfonamides is 1. The molecule has 8 heteroatoms. The zero-order chi connectivity index (χ0) is 43.8. The minimum absolute atomic E-state index is 0.00864. The molecule has 4 fully saturated rings. The van der Waals surface area contributed by atoms with Crippen molar-refractivity contribution in [3.8, 4) is 0 Å². The van der Waals surface area contributed by atoms with Crippen LogP contribution in [-0.4, -0.2) is 57.2 Å². The highest BCUT2D eigenvalue weighted by Crippen LogP contribution is 2.75. The molecule has 12 atom stereocenters. The lowest BCUT2D eigenvalue weighted by molar-refractivity contribution is -0.254. The highest BCUT2D eigenvalue weighted by molar-refractivity contribution is 7.89. The summed E-state index contributed by atoms with van der Waals surface area (Å²) in [4.78, 5) is 15.1. The standard InChI is InChI=1S/C52H77NO6S/c1-34(2)38(7)47(8)27-28-49(10)41-23-24-43-48(9)31-57-33-52(43,42(41)25-26-50(49,11)44(47)46(54)58-30-39-17-15-14-16-18-39)29-37(6)45(48)59-32-51(12,35(3)4)53(13)60(55,56)40-21-19-36(5)20-22-40/h14-22,25,34-35,37-38,41,43-45H,23-24,26-33H2,1-13H3/t37-,38-,41+,43+,44-,45+,47-,48-,49-,50+,51-,52+/m1/s1. The third-order valence-corrected chi connectivity index (χ3v) is 20.8. The second kappa shape index (κ2) is 15.9. The molecule has 1 heterocycles.